The van der Waals surface area contributed by atoms with E-state index in [0.29, 0.717) is 10.1 Å². The molecule has 1 aromatic carbocycles. The second-order valence-electron chi connectivity index (χ2n) is 6.27. The molecule has 25 heavy (non-hydrogen) atoms. The summed E-state index contributed by atoms with van der Waals surface area (Å²) in [5, 5.41) is 24.3. The molecule has 3 N–H and O–H groups in total. The number of hydrogen-bond acceptors (Lipinski definition) is 7. The molecule has 8 nitrogen and oxygen atoms in total. The Morgan fingerprint density at radius 2 is 1.92 bits per heavy atom. The SMILES string of the molecule is CC(C)(C)C(=O)Nc1nnc(CC(=O)N/N=C\c2ccc(O)cc2)s1. The predicted octanol–water partition coefficient (Wildman–Crippen LogP) is 1.92. The number of anilines is 1. The first-order valence-corrected chi connectivity index (χ1v) is 8.30. The fraction of sp³-hybridized carbons (Fsp3) is 0.312. The highest BCUT2D eigenvalue weighted by atomic mass is 32.1. The van der Waals surface area contributed by atoms with Crippen LogP contribution >= 0.6 is 11.3 Å². The Kier molecular flexibility index (Phi) is 5.81. The van der Waals surface area contributed by atoms with E-state index >= 15 is 0 Å². The summed E-state index contributed by atoms with van der Waals surface area (Å²) in [4.78, 5) is 23.7. The molecule has 0 saturated heterocycles. The summed E-state index contributed by atoms with van der Waals surface area (Å²) < 4.78 is 0. The lowest BCUT2D eigenvalue weighted by Crippen LogP contribution is -2.27. The number of hydrazone groups is 1. The molecule has 9 heteroatoms. The van der Waals surface area contributed by atoms with E-state index in [4.69, 9.17) is 0 Å². The lowest BCUT2D eigenvalue weighted by molar-refractivity contribution is -0.123. The van der Waals surface area contributed by atoms with Crippen LogP contribution in [-0.2, 0) is 16.0 Å². The van der Waals surface area contributed by atoms with Crippen molar-refractivity contribution in [1.82, 2.24) is 15.6 Å². The first-order valence-electron chi connectivity index (χ1n) is 7.49. The van der Waals surface area contributed by atoms with E-state index in [1.54, 1.807) is 32.9 Å². The van der Waals surface area contributed by atoms with Gasteiger partial charge in [-0.15, -0.1) is 10.2 Å². The summed E-state index contributed by atoms with van der Waals surface area (Å²) in [6.07, 6.45) is 1.47. The third-order valence-electron chi connectivity index (χ3n) is 2.98. The fourth-order valence-electron chi connectivity index (χ4n) is 1.58. The zero-order valence-electron chi connectivity index (χ0n) is 14.1. The Morgan fingerprint density at radius 1 is 1.24 bits per heavy atom. The first-order chi connectivity index (χ1) is 11.7. The summed E-state index contributed by atoms with van der Waals surface area (Å²) in [7, 11) is 0. The number of rotatable bonds is 5. The minimum Gasteiger partial charge on any atom is -0.508 e. The van der Waals surface area contributed by atoms with Crippen molar-refractivity contribution in [3.63, 3.8) is 0 Å². The van der Waals surface area contributed by atoms with Gasteiger partial charge in [0.15, 0.2) is 0 Å². The summed E-state index contributed by atoms with van der Waals surface area (Å²) in [6, 6.07) is 6.38. The van der Waals surface area contributed by atoms with Gasteiger partial charge in [0.1, 0.15) is 10.8 Å². The molecule has 0 spiro atoms. The van der Waals surface area contributed by atoms with Crippen molar-refractivity contribution in [3.8, 4) is 5.75 Å². The Labute approximate surface area is 149 Å². The number of phenols is 1. The van der Waals surface area contributed by atoms with E-state index in [9.17, 15) is 14.7 Å². The molecule has 0 bridgehead atoms. The Morgan fingerprint density at radius 3 is 2.56 bits per heavy atom. The topological polar surface area (TPSA) is 117 Å². The quantitative estimate of drug-likeness (QED) is 0.556. The van der Waals surface area contributed by atoms with Crippen molar-refractivity contribution < 1.29 is 14.7 Å². The van der Waals surface area contributed by atoms with Crippen molar-refractivity contribution >= 4 is 34.5 Å². The van der Waals surface area contributed by atoms with Crippen LogP contribution in [0.1, 0.15) is 31.3 Å². The Bertz CT molecular complexity index is 778. The van der Waals surface area contributed by atoms with Crippen LogP contribution in [0, 0.1) is 5.41 Å². The molecule has 0 atom stereocenters. The minimum atomic E-state index is -0.536. The van der Waals surface area contributed by atoms with Crippen molar-refractivity contribution in [3.05, 3.63) is 34.8 Å². The molecule has 2 rings (SSSR count). The molecule has 2 aromatic rings. The molecule has 2 amide bonds. The van der Waals surface area contributed by atoms with Gasteiger partial charge in [-0.1, -0.05) is 32.1 Å². The minimum absolute atomic E-state index is 0.00989. The van der Waals surface area contributed by atoms with Crippen LogP contribution in [-0.4, -0.2) is 33.3 Å². The number of amides is 2. The smallest absolute Gasteiger partial charge is 0.247 e. The lowest BCUT2D eigenvalue weighted by atomic mass is 9.96. The van der Waals surface area contributed by atoms with E-state index < -0.39 is 5.41 Å². The van der Waals surface area contributed by atoms with Gasteiger partial charge in [0.05, 0.1) is 12.6 Å². The summed E-state index contributed by atoms with van der Waals surface area (Å²) >= 11 is 1.14. The summed E-state index contributed by atoms with van der Waals surface area (Å²) in [6.45, 7) is 5.39. The van der Waals surface area contributed by atoms with Crippen molar-refractivity contribution in [2.75, 3.05) is 5.32 Å². The van der Waals surface area contributed by atoms with Crippen LogP contribution in [0.15, 0.2) is 29.4 Å². The standard InChI is InChI=1S/C16H19N5O3S/c1-16(2,3)14(24)18-15-21-20-13(25-15)8-12(23)19-17-9-10-4-6-11(22)7-5-10/h4-7,9,22H,8H2,1-3H3,(H,19,23)(H,18,21,24)/b17-9-. The van der Waals surface area contributed by atoms with Gasteiger partial charge in [0, 0.05) is 5.41 Å². The molecule has 0 aliphatic rings. The largest absolute Gasteiger partial charge is 0.508 e. The second-order valence-corrected chi connectivity index (χ2v) is 7.33. The molecule has 0 aliphatic carbocycles. The van der Waals surface area contributed by atoms with E-state index in [1.807, 2.05) is 0 Å². The number of nitrogens with one attached hydrogen (secondary N) is 2. The van der Waals surface area contributed by atoms with E-state index in [1.165, 1.54) is 18.3 Å². The summed E-state index contributed by atoms with van der Waals surface area (Å²) in [5.74, 6) is -0.357. The number of carbonyl (C=O) groups is 2. The average Bonchev–Trinajstić information content (AvgIpc) is 2.95. The average molecular weight is 361 g/mol. The maximum absolute atomic E-state index is 11.9. The van der Waals surface area contributed by atoms with Gasteiger partial charge >= 0.3 is 0 Å². The molecule has 0 fully saturated rings. The normalized spacial score (nSPS) is 11.5. The molecular weight excluding hydrogens is 342 g/mol. The highest BCUT2D eigenvalue weighted by molar-refractivity contribution is 7.15. The number of aromatic hydroxyl groups is 1. The number of nitrogens with zero attached hydrogens (tertiary/aromatic N) is 3. The highest BCUT2D eigenvalue weighted by Gasteiger charge is 2.22. The van der Waals surface area contributed by atoms with Gasteiger partial charge in [0.2, 0.25) is 16.9 Å². The van der Waals surface area contributed by atoms with E-state index in [-0.39, 0.29) is 24.0 Å². The number of aromatic nitrogens is 2. The van der Waals surface area contributed by atoms with Gasteiger partial charge in [-0.05, 0) is 29.8 Å². The van der Waals surface area contributed by atoms with Gasteiger partial charge < -0.3 is 10.4 Å². The molecule has 0 unspecified atom stereocenters. The van der Waals surface area contributed by atoms with Crippen LogP contribution in [0.4, 0.5) is 5.13 Å². The summed E-state index contributed by atoms with van der Waals surface area (Å²) in [5.41, 5.74) is 2.59. The van der Waals surface area contributed by atoms with E-state index in [2.05, 4.69) is 26.0 Å². The third kappa shape index (κ3) is 5.96. The molecule has 0 saturated carbocycles. The molecular formula is C16H19N5O3S. The van der Waals surface area contributed by atoms with Crippen molar-refractivity contribution in [2.45, 2.75) is 27.2 Å². The number of hydrogen-bond donors (Lipinski definition) is 3. The Hall–Kier alpha value is -2.81. The van der Waals surface area contributed by atoms with Crippen molar-refractivity contribution in [2.24, 2.45) is 10.5 Å². The number of phenolic OH excluding ortho intramolecular Hbond substituents is 1. The molecule has 0 aliphatic heterocycles. The lowest BCUT2D eigenvalue weighted by Gasteiger charge is -2.15. The maximum atomic E-state index is 11.9. The fourth-order valence-corrected chi connectivity index (χ4v) is 2.31. The van der Waals surface area contributed by atoms with Gasteiger partial charge in [-0.25, -0.2) is 5.43 Å². The van der Waals surface area contributed by atoms with Gasteiger partial charge in [-0.2, -0.15) is 5.10 Å². The molecule has 1 heterocycles. The van der Waals surface area contributed by atoms with Crippen LogP contribution in [0.5, 0.6) is 5.75 Å². The zero-order chi connectivity index (χ0) is 18.4. The second kappa shape index (κ2) is 7.84. The molecule has 0 radical (unpaired) electrons. The first kappa shape index (κ1) is 18.5. The zero-order valence-corrected chi connectivity index (χ0v) is 14.9. The van der Waals surface area contributed by atoms with E-state index in [0.717, 1.165) is 16.9 Å². The highest BCUT2D eigenvalue weighted by Crippen LogP contribution is 2.20. The van der Waals surface area contributed by atoms with Crippen molar-refractivity contribution in [1.29, 1.82) is 0 Å². The Balaban J connectivity index is 1.84. The van der Waals surface area contributed by atoms with Crippen LogP contribution in [0.2, 0.25) is 0 Å². The number of carbonyl (C=O) groups excluding carboxylic acids is 2. The maximum Gasteiger partial charge on any atom is 0.247 e. The van der Waals surface area contributed by atoms with Crippen LogP contribution < -0.4 is 10.7 Å². The van der Waals surface area contributed by atoms with Gasteiger partial charge in [0.25, 0.3) is 0 Å². The predicted molar refractivity (Wildman–Crippen MR) is 95.5 cm³/mol. The monoisotopic (exact) mass is 361 g/mol. The number of benzene rings is 1. The van der Waals surface area contributed by atoms with Crippen LogP contribution in [0.25, 0.3) is 0 Å². The van der Waals surface area contributed by atoms with Crippen LogP contribution in [0.3, 0.4) is 0 Å². The third-order valence-corrected chi connectivity index (χ3v) is 3.81. The molecule has 132 valence electrons. The molecule has 1 aromatic heterocycles. The van der Waals surface area contributed by atoms with Gasteiger partial charge in [-0.3, -0.25) is 9.59 Å².